The van der Waals surface area contributed by atoms with Gasteiger partial charge in [0.05, 0.1) is 6.10 Å². The highest BCUT2D eigenvalue weighted by Crippen LogP contribution is 2.35. The predicted octanol–water partition coefficient (Wildman–Crippen LogP) is 6.95. The number of ether oxygens (including phenoxy) is 1. The number of piperidine rings is 1. The number of carbonyl (C=O) groups is 1. The molecule has 2 saturated heterocycles. The topological polar surface area (TPSA) is 29.5 Å². The fourth-order valence-electron chi connectivity index (χ4n) is 4.05. The number of Topliss-reactive ketones (excluding diaryl/α,β-unsaturated/α-hetero) is 1. The summed E-state index contributed by atoms with van der Waals surface area (Å²) in [5, 5.41) is 0.705. The molecule has 0 saturated carbocycles. The zero-order chi connectivity index (χ0) is 22.6. The molecular formula is C27H38ClNO2. The fraction of sp³-hybridized carbons (Fsp3) is 0.519. The van der Waals surface area contributed by atoms with Crippen LogP contribution in [0.4, 0.5) is 0 Å². The normalized spacial score (nSPS) is 21.5. The Morgan fingerprint density at radius 1 is 1.00 bits per heavy atom. The van der Waals surface area contributed by atoms with Gasteiger partial charge in [-0.15, -0.1) is 0 Å². The standard InChI is InChI=1S/C13H19N.C12H13ClO2.C2H6/c1-12-7-9-14(10-8-12)11-13-5-3-2-4-6-13;1-8(14)11-6-7-15-12(11)9-2-4-10(13)5-3-9;1-2/h2-6,12H,7-11H2,1H3;2-5,11-12H,6-7H2,1H3;1-2H3/t;11-,12-;/m.1./s1. The third kappa shape index (κ3) is 8.40. The number of rotatable bonds is 4. The van der Waals surface area contributed by atoms with Crippen molar-refractivity contribution in [1.29, 1.82) is 0 Å². The largest absolute Gasteiger partial charge is 0.373 e. The number of halogens is 1. The van der Waals surface area contributed by atoms with Gasteiger partial charge in [0.15, 0.2) is 0 Å². The summed E-state index contributed by atoms with van der Waals surface area (Å²) in [4.78, 5) is 14.0. The lowest BCUT2D eigenvalue weighted by atomic mass is 9.92. The second-order valence-corrected chi connectivity index (χ2v) is 8.73. The van der Waals surface area contributed by atoms with Crippen LogP contribution in [-0.4, -0.2) is 30.4 Å². The molecule has 170 valence electrons. The first-order valence-electron chi connectivity index (χ1n) is 11.7. The van der Waals surface area contributed by atoms with Crippen LogP contribution in [0.15, 0.2) is 54.6 Å². The van der Waals surface area contributed by atoms with Gasteiger partial charge in [-0.1, -0.05) is 74.8 Å². The number of nitrogens with zero attached hydrogens (tertiary/aromatic N) is 1. The fourth-order valence-corrected chi connectivity index (χ4v) is 4.17. The van der Waals surface area contributed by atoms with E-state index in [0.717, 1.165) is 24.4 Å². The molecule has 0 aliphatic carbocycles. The summed E-state index contributed by atoms with van der Waals surface area (Å²) in [7, 11) is 0. The van der Waals surface area contributed by atoms with Crippen molar-refractivity contribution in [2.45, 2.75) is 59.6 Å². The number of hydrogen-bond donors (Lipinski definition) is 0. The van der Waals surface area contributed by atoms with Crippen LogP contribution in [0.2, 0.25) is 5.02 Å². The van der Waals surface area contributed by atoms with Gasteiger partial charge in [0.1, 0.15) is 5.78 Å². The zero-order valence-electron chi connectivity index (χ0n) is 19.5. The Bertz CT molecular complexity index is 755. The highest BCUT2D eigenvalue weighted by Gasteiger charge is 2.32. The minimum absolute atomic E-state index is 0.00572. The molecule has 31 heavy (non-hydrogen) atoms. The van der Waals surface area contributed by atoms with Crippen LogP contribution in [0.3, 0.4) is 0 Å². The lowest BCUT2D eigenvalue weighted by molar-refractivity contribution is -0.122. The van der Waals surface area contributed by atoms with Crippen LogP contribution in [0, 0.1) is 11.8 Å². The van der Waals surface area contributed by atoms with Crippen molar-refractivity contribution < 1.29 is 9.53 Å². The summed E-state index contributed by atoms with van der Waals surface area (Å²) in [6, 6.07) is 18.3. The van der Waals surface area contributed by atoms with Gasteiger partial charge < -0.3 is 4.74 Å². The first kappa shape index (κ1) is 25.6. The SMILES string of the molecule is CC.CC(=O)[C@H]1CCO[C@@H]1c1ccc(Cl)cc1.CC1CCN(Cc2ccccc2)CC1. The Kier molecular flexibility index (Phi) is 11.3. The average Bonchev–Trinajstić information content (AvgIpc) is 3.29. The number of hydrogen-bond acceptors (Lipinski definition) is 3. The van der Waals surface area contributed by atoms with Gasteiger partial charge >= 0.3 is 0 Å². The van der Waals surface area contributed by atoms with Gasteiger partial charge in [-0.3, -0.25) is 9.69 Å². The molecule has 2 aromatic rings. The molecule has 2 aromatic carbocycles. The Balaban J connectivity index is 0.000000204. The van der Waals surface area contributed by atoms with E-state index < -0.39 is 0 Å². The van der Waals surface area contributed by atoms with Gasteiger partial charge in [0.2, 0.25) is 0 Å². The van der Waals surface area contributed by atoms with Crippen LogP contribution >= 0.6 is 11.6 Å². The molecule has 2 heterocycles. The molecule has 3 nitrogen and oxygen atoms in total. The third-order valence-corrected chi connectivity index (χ3v) is 6.19. The van der Waals surface area contributed by atoms with E-state index in [1.807, 2.05) is 38.1 Å². The van der Waals surface area contributed by atoms with Crippen molar-refractivity contribution in [2.24, 2.45) is 11.8 Å². The first-order valence-corrected chi connectivity index (χ1v) is 12.0. The number of likely N-dealkylation sites (tertiary alicyclic amines) is 1. The molecule has 2 fully saturated rings. The molecule has 0 radical (unpaired) electrons. The molecule has 2 atom stereocenters. The molecule has 4 heteroatoms. The van der Waals surface area contributed by atoms with Crippen LogP contribution in [0.1, 0.15) is 64.2 Å². The van der Waals surface area contributed by atoms with Crippen molar-refractivity contribution >= 4 is 17.4 Å². The van der Waals surface area contributed by atoms with E-state index in [4.69, 9.17) is 16.3 Å². The van der Waals surface area contributed by atoms with Gasteiger partial charge in [-0.05, 0) is 68.5 Å². The maximum Gasteiger partial charge on any atom is 0.135 e. The van der Waals surface area contributed by atoms with Gasteiger partial charge in [0, 0.05) is 24.1 Å². The van der Waals surface area contributed by atoms with Crippen LogP contribution < -0.4 is 0 Å². The molecule has 4 rings (SSSR count). The van der Waals surface area contributed by atoms with E-state index in [1.165, 1.54) is 31.5 Å². The minimum atomic E-state index is -0.0835. The molecular weight excluding hydrogens is 406 g/mol. The second kappa shape index (κ2) is 13.7. The van der Waals surface area contributed by atoms with Crippen LogP contribution in [0.5, 0.6) is 0 Å². The number of benzene rings is 2. The summed E-state index contributed by atoms with van der Waals surface area (Å²) in [6.07, 6.45) is 3.47. The maximum absolute atomic E-state index is 11.4. The summed E-state index contributed by atoms with van der Waals surface area (Å²) in [5.41, 5.74) is 2.49. The highest BCUT2D eigenvalue weighted by molar-refractivity contribution is 6.30. The van der Waals surface area contributed by atoms with Gasteiger partial charge in [-0.2, -0.15) is 0 Å². The number of carbonyl (C=O) groups excluding carboxylic acids is 1. The van der Waals surface area contributed by atoms with E-state index in [1.54, 1.807) is 6.92 Å². The molecule has 0 unspecified atom stereocenters. The van der Waals surface area contributed by atoms with Crippen molar-refractivity contribution in [3.8, 4) is 0 Å². The van der Waals surface area contributed by atoms with Gasteiger partial charge in [-0.25, -0.2) is 0 Å². The molecule has 0 bridgehead atoms. The van der Waals surface area contributed by atoms with Crippen molar-refractivity contribution in [3.05, 3.63) is 70.7 Å². The average molecular weight is 444 g/mol. The van der Waals surface area contributed by atoms with E-state index in [2.05, 4.69) is 42.2 Å². The highest BCUT2D eigenvalue weighted by atomic mass is 35.5. The number of ketones is 1. The summed E-state index contributed by atoms with van der Waals surface area (Å²) in [6.45, 7) is 12.3. The Labute approximate surface area is 193 Å². The smallest absolute Gasteiger partial charge is 0.135 e. The predicted molar refractivity (Wildman–Crippen MR) is 130 cm³/mol. The van der Waals surface area contributed by atoms with Crippen molar-refractivity contribution in [2.75, 3.05) is 19.7 Å². The molecule has 0 aromatic heterocycles. The zero-order valence-corrected chi connectivity index (χ0v) is 20.3. The third-order valence-electron chi connectivity index (χ3n) is 5.94. The van der Waals surface area contributed by atoms with E-state index in [-0.39, 0.29) is 17.8 Å². The summed E-state index contributed by atoms with van der Waals surface area (Å²) < 4.78 is 5.59. The Hall–Kier alpha value is -1.68. The Morgan fingerprint density at radius 3 is 2.19 bits per heavy atom. The maximum atomic E-state index is 11.4. The molecule has 0 amide bonds. The lowest BCUT2D eigenvalue weighted by Gasteiger charge is -2.30. The monoisotopic (exact) mass is 443 g/mol. The van der Waals surface area contributed by atoms with Crippen molar-refractivity contribution in [1.82, 2.24) is 4.90 Å². The lowest BCUT2D eigenvalue weighted by Crippen LogP contribution is -2.32. The Morgan fingerprint density at radius 2 is 1.61 bits per heavy atom. The van der Waals surface area contributed by atoms with E-state index in [9.17, 15) is 4.79 Å². The van der Waals surface area contributed by atoms with E-state index in [0.29, 0.717) is 11.6 Å². The molecule has 2 aliphatic heterocycles. The first-order chi connectivity index (χ1) is 15.0. The van der Waals surface area contributed by atoms with Gasteiger partial charge in [0.25, 0.3) is 0 Å². The minimum Gasteiger partial charge on any atom is -0.373 e. The van der Waals surface area contributed by atoms with Crippen LogP contribution in [0.25, 0.3) is 0 Å². The second-order valence-electron chi connectivity index (χ2n) is 8.29. The summed E-state index contributed by atoms with van der Waals surface area (Å²) in [5.74, 6) is 1.14. The summed E-state index contributed by atoms with van der Waals surface area (Å²) >= 11 is 5.81. The molecule has 2 aliphatic rings. The quantitative estimate of drug-likeness (QED) is 0.511. The molecule has 0 spiro atoms. The molecule has 0 N–H and O–H groups in total. The van der Waals surface area contributed by atoms with Crippen LogP contribution in [-0.2, 0) is 16.1 Å². The van der Waals surface area contributed by atoms with E-state index >= 15 is 0 Å². The van der Waals surface area contributed by atoms with Crippen molar-refractivity contribution in [3.63, 3.8) is 0 Å².